The summed E-state index contributed by atoms with van der Waals surface area (Å²) in [6.07, 6.45) is -4.50. The summed E-state index contributed by atoms with van der Waals surface area (Å²) in [5.41, 5.74) is -0.0969. The second-order valence-electron chi connectivity index (χ2n) is 8.35. The van der Waals surface area contributed by atoms with Crippen LogP contribution in [0.3, 0.4) is 0 Å². The Morgan fingerprint density at radius 3 is 2.63 bits per heavy atom. The van der Waals surface area contributed by atoms with Crippen LogP contribution in [0, 0.1) is 0 Å². The van der Waals surface area contributed by atoms with E-state index in [0.29, 0.717) is 47.4 Å². The maximum Gasteiger partial charge on any atom is 0.416 e. The summed E-state index contributed by atoms with van der Waals surface area (Å²) in [6.45, 7) is 3.33. The van der Waals surface area contributed by atoms with Crippen LogP contribution in [0.25, 0.3) is 0 Å². The first-order valence-corrected chi connectivity index (χ1v) is 11.9. The predicted molar refractivity (Wildman–Crippen MR) is 127 cm³/mol. The van der Waals surface area contributed by atoms with Gasteiger partial charge in [0.25, 0.3) is 5.91 Å². The topological polar surface area (TPSA) is 54.4 Å². The van der Waals surface area contributed by atoms with Gasteiger partial charge in [-0.3, -0.25) is 4.79 Å². The zero-order valence-corrected chi connectivity index (χ0v) is 19.8. The summed E-state index contributed by atoms with van der Waals surface area (Å²) in [5.74, 6) is 1.72. The second kappa shape index (κ2) is 8.92. The van der Waals surface area contributed by atoms with Crippen LogP contribution >= 0.6 is 11.3 Å². The molecule has 1 unspecified atom stereocenters. The monoisotopic (exact) mass is 501 g/mol. The summed E-state index contributed by atoms with van der Waals surface area (Å²) in [6, 6.07) is 12.0. The SMILES string of the molecule is COc1ccc2c(c1)C(N1CCN(C(=O)c3cccs3)C(C)C1)=Nc1cc(C(F)(F)F)ccc1O2. The number of piperazine rings is 1. The zero-order valence-electron chi connectivity index (χ0n) is 19.0. The molecular weight excluding hydrogens is 479 g/mol. The van der Waals surface area contributed by atoms with E-state index < -0.39 is 11.7 Å². The number of hydrogen-bond donors (Lipinski definition) is 0. The number of halogens is 3. The smallest absolute Gasteiger partial charge is 0.416 e. The highest BCUT2D eigenvalue weighted by Crippen LogP contribution is 2.42. The first-order valence-electron chi connectivity index (χ1n) is 11.0. The van der Waals surface area contributed by atoms with Crippen molar-refractivity contribution in [1.29, 1.82) is 0 Å². The number of alkyl halides is 3. The van der Waals surface area contributed by atoms with Gasteiger partial charge >= 0.3 is 6.18 Å². The van der Waals surface area contributed by atoms with Crippen LogP contribution in [0.15, 0.2) is 58.9 Å². The van der Waals surface area contributed by atoms with E-state index in [-0.39, 0.29) is 23.4 Å². The van der Waals surface area contributed by atoms with E-state index in [1.54, 1.807) is 24.3 Å². The van der Waals surface area contributed by atoms with E-state index in [4.69, 9.17) is 9.47 Å². The average Bonchev–Trinajstić information content (AvgIpc) is 3.32. The largest absolute Gasteiger partial charge is 0.497 e. The first kappa shape index (κ1) is 23.2. The molecule has 1 atom stereocenters. The molecule has 3 heterocycles. The molecule has 1 amide bonds. The van der Waals surface area contributed by atoms with Crippen molar-refractivity contribution in [3.05, 3.63) is 69.9 Å². The van der Waals surface area contributed by atoms with E-state index in [1.165, 1.54) is 24.5 Å². The van der Waals surface area contributed by atoms with E-state index >= 15 is 0 Å². The van der Waals surface area contributed by atoms with Crippen molar-refractivity contribution in [3.63, 3.8) is 0 Å². The van der Waals surface area contributed by atoms with Crippen LogP contribution in [-0.2, 0) is 6.18 Å². The maximum atomic E-state index is 13.4. The quantitative estimate of drug-likeness (QED) is 0.445. The number of carbonyl (C=O) groups excluding carboxylic acids is 1. The van der Waals surface area contributed by atoms with E-state index in [0.717, 1.165) is 12.1 Å². The van der Waals surface area contributed by atoms with Crippen LogP contribution < -0.4 is 9.47 Å². The Balaban J connectivity index is 1.53. The predicted octanol–water partition coefficient (Wildman–Crippen LogP) is 5.81. The van der Waals surface area contributed by atoms with Crippen LogP contribution in [0.4, 0.5) is 18.9 Å². The molecule has 0 N–H and O–H groups in total. The van der Waals surface area contributed by atoms with Crippen molar-refractivity contribution >= 4 is 28.8 Å². The van der Waals surface area contributed by atoms with Crippen LogP contribution in [0.5, 0.6) is 17.2 Å². The van der Waals surface area contributed by atoms with Gasteiger partial charge in [0.1, 0.15) is 23.0 Å². The van der Waals surface area contributed by atoms with Crippen molar-refractivity contribution < 1.29 is 27.4 Å². The van der Waals surface area contributed by atoms with Gasteiger partial charge < -0.3 is 19.3 Å². The number of benzene rings is 2. The summed E-state index contributed by atoms with van der Waals surface area (Å²) in [5, 5.41) is 1.87. The van der Waals surface area contributed by atoms with Gasteiger partial charge in [0.15, 0.2) is 5.75 Å². The van der Waals surface area contributed by atoms with Gasteiger partial charge in [-0.1, -0.05) is 6.07 Å². The molecule has 3 aromatic rings. The van der Waals surface area contributed by atoms with Crippen molar-refractivity contribution in [2.75, 3.05) is 26.7 Å². The molecular formula is C25H22F3N3O3S. The van der Waals surface area contributed by atoms with Gasteiger partial charge in [-0.15, -0.1) is 11.3 Å². The Morgan fingerprint density at radius 2 is 1.94 bits per heavy atom. The van der Waals surface area contributed by atoms with Crippen molar-refractivity contribution in [3.8, 4) is 17.2 Å². The van der Waals surface area contributed by atoms with Crippen molar-refractivity contribution in [2.24, 2.45) is 4.99 Å². The molecule has 0 aliphatic carbocycles. The fourth-order valence-corrected chi connectivity index (χ4v) is 4.97. The number of ether oxygens (including phenoxy) is 2. The molecule has 1 fully saturated rings. The third-order valence-corrected chi connectivity index (χ3v) is 6.94. The second-order valence-corrected chi connectivity index (χ2v) is 9.30. The highest BCUT2D eigenvalue weighted by atomic mass is 32.1. The molecule has 2 aliphatic rings. The Bertz CT molecular complexity index is 1290. The molecule has 35 heavy (non-hydrogen) atoms. The van der Waals surface area contributed by atoms with Crippen molar-refractivity contribution in [2.45, 2.75) is 19.1 Å². The fraction of sp³-hybridized carbons (Fsp3) is 0.280. The Hall–Kier alpha value is -3.53. The standard InChI is InChI=1S/C25H22F3N3O3S/c1-15-14-30(9-10-31(15)24(32)22-4-3-11-35-22)23-18-13-17(33-2)6-8-20(18)34-21-7-5-16(25(26,27)28)12-19(21)29-23/h3-8,11-13,15H,9-10,14H2,1-2H3. The summed E-state index contributed by atoms with van der Waals surface area (Å²) < 4.78 is 51.6. The lowest BCUT2D eigenvalue weighted by Gasteiger charge is -2.41. The number of hydrogen-bond acceptors (Lipinski definition) is 6. The van der Waals surface area contributed by atoms with E-state index in [9.17, 15) is 18.0 Å². The first-order chi connectivity index (χ1) is 16.7. The number of fused-ring (bicyclic) bond motifs is 2. The number of thiophene rings is 1. The molecule has 5 rings (SSSR count). The highest BCUT2D eigenvalue weighted by Gasteiger charge is 2.34. The van der Waals surface area contributed by atoms with Gasteiger partial charge in [0.05, 0.1) is 23.1 Å². The van der Waals surface area contributed by atoms with Gasteiger partial charge in [0.2, 0.25) is 0 Å². The molecule has 6 nitrogen and oxygen atoms in total. The molecule has 1 aromatic heterocycles. The normalized spacial score (nSPS) is 17.6. The number of carbonyl (C=O) groups is 1. The minimum absolute atomic E-state index is 0.0273. The lowest BCUT2D eigenvalue weighted by molar-refractivity contribution is -0.137. The highest BCUT2D eigenvalue weighted by molar-refractivity contribution is 7.12. The molecule has 2 aromatic carbocycles. The summed E-state index contributed by atoms with van der Waals surface area (Å²) in [7, 11) is 1.54. The van der Waals surface area contributed by atoms with E-state index in [2.05, 4.69) is 4.99 Å². The van der Waals surface area contributed by atoms with Crippen LogP contribution in [-0.4, -0.2) is 54.3 Å². The number of amidine groups is 1. The molecule has 0 radical (unpaired) electrons. The van der Waals surface area contributed by atoms with E-state index in [1.807, 2.05) is 28.2 Å². The van der Waals surface area contributed by atoms with Gasteiger partial charge in [0, 0.05) is 25.7 Å². The number of rotatable bonds is 2. The minimum atomic E-state index is -4.50. The summed E-state index contributed by atoms with van der Waals surface area (Å²) in [4.78, 5) is 22.1. The summed E-state index contributed by atoms with van der Waals surface area (Å²) >= 11 is 1.40. The third kappa shape index (κ3) is 4.45. The number of amides is 1. The third-order valence-electron chi connectivity index (χ3n) is 6.08. The Kier molecular flexibility index (Phi) is 5.92. The number of methoxy groups -OCH3 is 1. The lowest BCUT2D eigenvalue weighted by Crippen LogP contribution is -2.55. The molecule has 1 saturated heterocycles. The molecule has 10 heteroatoms. The number of aliphatic imine (C=N–C) groups is 1. The van der Waals surface area contributed by atoms with Gasteiger partial charge in [-0.25, -0.2) is 4.99 Å². The van der Waals surface area contributed by atoms with Gasteiger partial charge in [-0.05, 0) is 54.8 Å². The maximum absolute atomic E-state index is 13.4. The Morgan fingerprint density at radius 1 is 1.14 bits per heavy atom. The molecule has 0 spiro atoms. The molecule has 0 saturated carbocycles. The van der Waals surface area contributed by atoms with Crippen LogP contribution in [0.1, 0.15) is 27.7 Å². The molecule has 182 valence electrons. The Labute approximate surface area is 204 Å². The number of nitrogens with zero attached hydrogens (tertiary/aromatic N) is 3. The average molecular weight is 502 g/mol. The zero-order chi connectivity index (χ0) is 24.7. The van der Waals surface area contributed by atoms with Gasteiger partial charge in [-0.2, -0.15) is 13.2 Å². The van der Waals surface area contributed by atoms with Crippen molar-refractivity contribution in [1.82, 2.24) is 9.80 Å². The fourth-order valence-electron chi connectivity index (χ4n) is 4.29. The lowest BCUT2D eigenvalue weighted by atomic mass is 10.1. The minimum Gasteiger partial charge on any atom is -0.497 e. The molecule has 2 aliphatic heterocycles. The van der Waals surface area contributed by atoms with Crippen LogP contribution in [0.2, 0.25) is 0 Å². The molecule has 0 bridgehead atoms.